The monoisotopic (exact) mass is 305 g/mol. The first-order chi connectivity index (χ1) is 10.2. The number of rotatable bonds is 5. The third kappa shape index (κ3) is 3.54. The molecule has 0 spiro atoms. The van der Waals surface area contributed by atoms with Gasteiger partial charge in [-0.2, -0.15) is 0 Å². The minimum atomic E-state index is -0.218. The first-order valence-corrected chi connectivity index (χ1v) is 6.75. The van der Waals surface area contributed by atoms with Gasteiger partial charge in [-0.15, -0.1) is 0 Å². The number of carbonyl (C=O) groups excluding carboxylic acids is 1. The third-order valence-corrected chi connectivity index (χ3v) is 3.33. The molecule has 5 heteroatoms. The minimum absolute atomic E-state index is 0.158. The summed E-state index contributed by atoms with van der Waals surface area (Å²) in [5, 5.41) is 3.20. The van der Waals surface area contributed by atoms with Gasteiger partial charge in [-0.3, -0.25) is 4.79 Å². The fraction of sp³-hybridized carbons (Fsp3) is 0.188. The van der Waals surface area contributed by atoms with Gasteiger partial charge in [0.05, 0.1) is 7.11 Å². The summed E-state index contributed by atoms with van der Waals surface area (Å²) in [5.74, 6) is 0.485. The van der Waals surface area contributed by atoms with Crippen molar-refractivity contribution in [3.63, 3.8) is 0 Å². The van der Waals surface area contributed by atoms with Crippen LogP contribution in [0.25, 0.3) is 11.1 Å². The molecule has 2 rings (SSSR count). The molecule has 0 bridgehead atoms. The largest absolute Gasteiger partial charge is 0.496 e. The number of hydrogen-bond donors (Lipinski definition) is 1. The van der Waals surface area contributed by atoms with Crippen LogP contribution in [0.1, 0.15) is 10.4 Å². The molecule has 0 aliphatic heterocycles. The Kier molecular flexibility index (Phi) is 5.20. The summed E-state index contributed by atoms with van der Waals surface area (Å²) in [7, 11) is 3.12. The fourth-order valence-electron chi connectivity index (χ4n) is 1.98. The highest BCUT2D eigenvalue weighted by molar-refractivity contribution is 6.33. The van der Waals surface area contributed by atoms with Gasteiger partial charge in [0.1, 0.15) is 12.5 Å². The molecular weight excluding hydrogens is 290 g/mol. The number of halogens is 1. The zero-order chi connectivity index (χ0) is 15.2. The molecule has 0 saturated carbocycles. The summed E-state index contributed by atoms with van der Waals surface area (Å²) in [6, 6.07) is 12.6. The molecule has 0 fully saturated rings. The van der Waals surface area contributed by atoms with Gasteiger partial charge in [0.15, 0.2) is 0 Å². The van der Waals surface area contributed by atoms with Crippen LogP contribution in [0.4, 0.5) is 0 Å². The van der Waals surface area contributed by atoms with Crippen LogP contribution in [0.15, 0.2) is 42.5 Å². The second kappa shape index (κ2) is 7.11. The van der Waals surface area contributed by atoms with E-state index in [0.29, 0.717) is 16.3 Å². The number of amides is 1. The maximum Gasteiger partial charge on any atom is 0.253 e. The third-order valence-electron chi connectivity index (χ3n) is 3.00. The van der Waals surface area contributed by atoms with Crippen LogP contribution < -0.4 is 10.1 Å². The van der Waals surface area contributed by atoms with Crippen LogP contribution in [-0.4, -0.2) is 26.9 Å². The molecule has 1 N–H and O–H groups in total. The zero-order valence-electron chi connectivity index (χ0n) is 11.9. The Morgan fingerprint density at radius 2 is 1.90 bits per heavy atom. The Bertz CT molecular complexity index is 643. The molecule has 2 aromatic rings. The van der Waals surface area contributed by atoms with E-state index in [1.807, 2.05) is 24.3 Å². The Labute approximate surface area is 128 Å². The van der Waals surface area contributed by atoms with Crippen molar-refractivity contribution < 1.29 is 14.3 Å². The fourth-order valence-corrected chi connectivity index (χ4v) is 2.20. The lowest BCUT2D eigenvalue weighted by Gasteiger charge is -2.11. The number of carbonyl (C=O) groups is 1. The van der Waals surface area contributed by atoms with Gasteiger partial charge in [0, 0.05) is 28.8 Å². The van der Waals surface area contributed by atoms with Crippen LogP contribution in [-0.2, 0) is 4.74 Å². The van der Waals surface area contributed by atoms with E-state index in [9.17, 15) is 4.79 Å². The van der Waals surface area contributed by atoms with Crippen molar-refractivity contribution in [2.45, 2.75) is 0 Å². The van der Waals surface area contributed by atoms with Gasteiger partial charge in [0.25, 0.3) is 5.91 Å². The lowest BCUT2D eigenvalue weighted by Crippen LogP contribution is -2.25. The number of benzene rings is 2. The van der Waals surface area contributed by atoms with Crippen molar-refractivity contribution >= 4 is 17.5 Å². The Balaban J connectivity index is 2.42. The summed E-state index contributed by atoms with van der Waals surface area (Å²) in [6.45, 7) is 0.158. The van der Waals surface area contributed by atoms with E-state index >= 15 is 0 Å². The van der Waals surface area contributed by atoms with Crippen molar-refractivity contribution in [1.82, 2.24) is 5.32 Å². The van der Waals surface area contributed by atoms with Gasteiger partial charge in [0.2, 0.25) is 0 Å². The van der Waals surface area contributed by atoms with Crippen LogP contribution >= 0.6 is 11.6 Å². The van der Waals surface area contributed by atoms with E-state index in [2.05, 4.69) is 5.32 Å². The maximum absolute atomic E-state index is 12.0. The lowest BCUT2D eigenvalue weighted by atomic mass is 10.0. The zero-order valence-corrected chi connectivity index (χ0v) is 12.6. The van der Waals surface area contributed by atoms with Crippen LogP contribution in [0.5, 0.6) is 5.75 Å². The smallest absolute Gasteiger partial charge is 0.253 e. The topological polar surface area (TPSA) is 47.6 Å². The van der Waals surface area contributed by atoms with Crippen LogP contribution in [0, 0.1) is 0 Å². The molecule has 110 valence electrons. The van der Waals surface area contributed by atoms with Gasteiger partial charge >= 0.3 is 0 Å². The molecule has 0 saturated heterocycles. The molecule has 0 aliphatic rings. The summed E-state index contributed by atoms with van der Waals surface area (Å²) in [5.41, 5.74) is 2.10. The first kappa shape index (κ1) is 15.4. The minimum Gasteiger partial charge on any atom is -0.496 e. The normalized spacial score (nSPS) is 10.2. The molecule has 2 aromatic carbocycles. The molecule has 1 amide bonds. The predicted octanol–water partition coefficient (Wildman–Crippen LogP) is 3.35. The lowest BCUT2D eigenvalue weighted by molar-refractivity contribution is 0.0872. The number of methoxy groups -OCH3 is 2. The molecule has 4 nitrogen and oxygen atoms in total. The van der Waals surface area contributed by atoms with E-state index in [0.717, 1.165) is 11.1 Å². The molecule has 0 heterocycles. The van der Waals surface area contributed by atoms with Crippen LogP contribution in [0.2, 0.25) is 5.02 Å². The first-order valence-electron chi connectivity index (χ1n) is 6.37. The van der Waals surface area contributed by atoms with Crippen molar-refractivity contribution in [2.75, 3.05) is 21.0 Å². The van der Waals surface area contributed by atoms with Gasteiger partial charge in [-0.1, -0.05) is 29.8 Å². The molecule has 0 unspecified atom stereocenters. The molecule has 21 heavy (non-hydrogen) atoms. The van der Waals surface area contributed by atoms with Crippen molar-refractivity contribution in [3.8, 4) is 16.9 Å². The molecule has 0 aliphatic carbocycles. The second-order valence-electron chi connectivity index (χ2n) is 4.33. The van der Waals surface area contributed by atoms with E-state index in [4.69, 9.17) is 21.1 Å². The Hall–Kier alpha value is -2.04. The number of hydrogen-bond acceptors (Lipinski definition) is 3. The Morgan fingerprint density at radius 1 is 1.14 bits per heavy atom. The quantitative estimate of drug-likeness (QED) is 0.862. The second-order valence-corrected chi connectivity index (χ2v) is 4.74. The Morgan fingerprint density at radius 3 is 2.62 bits per heavy atom. The van der Waals surface area contributed by atoms with Crippen molar-refractivity contribution in [1.29, 1.82) is 0 Å². The summed E-state index contributed by atoms with van der Waals surface area (Å²) in [4.78, 5) is 12.0. The van der Waals surface area contributed by atoms with Crippen LogP contribution in [0.3, 0.4) is 0 Å². The van der Waals surface area contributed by atoms with E-state index in [-0.39, 0.29) is 12.6 Å². The summed E-state index contributed by atoms with van der Waals surface area (Å²) >= 11 is 6.26. The average Bonchev–Trinajstić information content (AvgIpc) is 2.53. The molecule has 0 aromatic heterocycles. The molecule has 0 atom stereocenters. The summed E-state index contributed by atoms with van der Waals surface area (Å²) in [6.07, 6.45) is 0. The number of nitrogens with one attached hydrogen (secondary N) is 1. The highest BCUT2D eigenvalue weighted by Gasteiger charge is 2.12. The van der Waals surface area contributed by atoms with E-state index in [1.54, 1.807) is 25.3 Å². The molecule has 0 radical (unpaired) electrons. The SMILES string of the molecule is COCNC(=O)c1ccc(Cl)c(-c2ccccc2OC)c1. The summed E-state index contributed by atoms with van der Waals surface area (Å²) < 4.78 is 10.2. The highest BCUT2D eigenvalue weighted by atomic mass is 35.5. The molecular formula is C16H16ClNO3. The van der Waals surface area contributed by atoms with Gasteiger partial charge in [-0.25, -0.2) is 0 Å². The van der Waals surface area contributed by atoms with Gasteiger partial charge < -0.3 is 14.8 Å². The maximum atomic E-state index is 12.0. The number of ether oxygens (including phenoxy) is 2. The number of para-hydroxylation sites is 1. The van der Waals surface area contributed by atoms with Crippen molar-refractivity contribution in [3.05, 3.63) is 53.1 Å². The van der Waals surface area contributed by atoms with Gasteiger partial charge in [-0.05, 0) is 24.3 Å². The van der Waals surface area contributed by atoms with Crippen molar-refractivity contribution in [2.24, 2.45) is 0 Å². The van der Waals surface area contributed by atoms with E-state index < -0.39 is 0 Å². The standard InChI is InChI=1S/C16H16ClNO3/c1-20-10-18-16(19)11-7-8-14(17)13(9-11)12-5-3-4-6-15(12)21-2/h3-9H,10H2,1-2H3,(H,18,19). The highest BCUT2D eigenvalue weighted by Crippen LogP contribution is 2.35. The average molecular weight is 306 g/mol. The predicted molar refractivity (Wildman–Crippen MR) is 82.8 cm³/mol. The van der Waals surface area contributed by atoms with E-state index in [1.165, 1.54) is 7.11 Å².